The van der Waals surface area contributed by atoms with Crippen molar-refractivity contribution in [2.45, 2.75) is 57.3 Å². The number of hydrogen-bond donors (Lipinski definition) is 0. The van der Waals surface area contributed by atoms with Gasteiger partial charge in [-0.05, 0) is 28.7 Å². The van der Waals surface area contributed by atoms with E-state index in [2.05, 4.69) is 55.5 Å². The molecular formula is C25H32O2. The van der Waals surface area contributed by atoms with E-state index in [1.807, 2.05) is 0 Å². The summed E-state index contributed by atoms with van der Waals surface area (Å²) < 4.78 is 5.73. The monoisotopic (exact) mass is 364 g/mol. The third-order valence-electron chi connectivity index (χ3n) is 6.14. The summed E-state index contributed by atoms with van der Waals surface area (Å²) in [6, 6.07) is 17.1. The number of methoxy groups -OCH3 is 1. The summed E-state index contributed by atoms with van der Waals surface area (Å²) in [5, 5.41) is 0. The first-order valence-electron chi connectivity index (χ1n) is 10.4. The van der Waals surface area contributed by atoms with Crippen LogP contribution in [0.15, 0.2) is 48.5 Å². The van der Waals surface area contributed by atoms with Crippen LogP contribution in [0.4, 0.5) is 0 Å². The molecule has 0 radical (unpaired) electrons. The van der Waals surface area contributed by atoms with Crippen LogP contribution in [0.25, 0.3) is 11.1 Å². The van der Waals surface area contributed by atoms with Crippen molar-refractivity contribution >= 4 is 6.29 Å². The fourth-order valence-electron chi connectivity index (χ4n) is 4.82. The summed E-state index contributed by atoms with van der Waals surface area (Å²) in [5.74, 6) is -0.0616. The Labute approximate surface area is 164 Å². The van der Waals surface area contributed by atoms with Crippen molar-refractivity contribution < 1.29 is 9.53 Å². The van der Waals surface area contributed by atoms with Crippen molar-refractivity contribution in [2.24, 2.45) is 5.92 Å². The highest BCUT2D eigenvalue weighted by Gasteiger charge is 2.48. The lowest BCUT2D eigenvalue weighted by Crippen LogP contribution is -2.40. The third-order valence-corrected chi connectivity index (χ3v) is 6.14. The Morgan fingerprint density at radius 2 is 1.44 bits per heavy atom. The Bertz CT molecular complexity index is 704. The number of aldehydes is 1. The zero-order chi connectivity index (χ0) is 19.1. The molecule has 0 bridgehead atoms. The molecule has 1 unspecified atom stereocenters. The van der Waals surface area contributed by atoms with Crippen molar-refractivity contribution in [3.8, 4) is 11.1 Å². The average Bonchev–Trinajstić information content (AvgIpc) is 2.99. The van der Waals surface area contributed by atoms with Gasteiger partial charge in [0.15, 0.2) is 0 Å². The molecule has 0 heterocycles. The number of ether oxygens (including phenoxy) is 1. The van der Waals surface area contributed by atoms with Crippen LogP contribution < -0.4 is 0 Å². The fourth-order valence-corrected chi connectivity index (χ4v) is 4.82. The van der Waals surface area contributed by atoms with E-state index in [1.165, 1.54) is 60.6 Å². The van der Waals surface area contributed by atoms with Crippen LogP contribution in [0, 0.1) is 5.92 Å². The topological polar surface area (TPSA) is 26.3 Å². The molecule has 0 amide bonds. The highest BCUT2D eigenvalue weighted by Crippen LogP contribution is 2.53. The van der Waals surface area contributed by atoms with Gasteiger partial charge in [-0.15, -0.1) is 0 Å². The Morgan fingerprint density at radius 3 is 2.00 bits per heavy atom. The summed E-state index contributed by atoms with van der Waals surface area (Å²) in [7, 11) is 1.75. The minimum absolute atomic E-state index is 0.0616. The molecule has 0 fully saturated rings. The van der Waals surface area contributed by atoms with Crippen molar-refractivity contribution in [2.75, 3.05) is 13.7 Å². The van der Waals surface area contributed by atoms with Gasteiger partial charge >= 0.3 is 0 Å². The fraction of sp³-hybridized carbons (Fsp3) is 0.480. The molecule has 2 heteroatoms. The first-order chi connectivity index (χ1) is 13.3. The van der Waals surface area contributed by atoms with E-state index < -0.39 is 0 Å². The number of carbonyl (C=O) groups is 1. The molecule has 2 aromatic carbocycles. The molecular weight excluding hydrogens is 332 g/mol. The molecule has 2 nitrogen and oxygen atoms in total. The lowest BCUT2D eigenvalue weighted by Gasteiger charge is -2.36. The predicted molar refractivity (Wildman–Crippen MR) is 112 cm³/mol. The van der Waals surface area contributed by atoms with Crippen LogP contribution >= 0.6 is 0 Å². The SMILES string of the molecule is CCCCCCCCC(C=O)C1(COC)c2ccccc2-c2ccccc21. The van der Waals surface area contributed by atoms with E-state index in [0.717, 1.165) is 12.8 Å². The van der Waals surface area contributed by atoms with Gasteiger partial charge in [0.05, 0.1) is 12.0 Å². The van der Waals surface area contributed by atoms with Gasteiger partial charge in [-0.2, -0.15) is 0 Å². The summed E-state index contributed by atoms with van der Waals surface area (Å²) in [5.41, 5.74) is 4.62. The summed E-state index contributed by atoms with van der Waals surface area (Å²) in [6.45, 7) is 2.78. The normalized spacial score (nSPS) is 15.2. The Balaban J connectivity index is 1.91. The molecule has 1 atom stereocenters. The minimum atomic E-state index is -0.368. The van der Waals surface area contributed by atoms with Gasteiger partial charge in [0, 0.05) is 13.0 Å². The number of hydrogen-bond acceptors (Lipinski definition) is 2. The number of benzene rings is 2. The molecule has 2 aromatic rings. The van der Waals surface area contributed by atoms with Crippen LogP contribution in [0.5, 0.6) is 0 Å². The van der Waals surface area contributed by atoms with Gasteiger partial charge < -0.3 is 9.53 Å². The number of carbonyl (C=O) groups excluding carboxylic acids is 1. The standard InChI is InChI=1S/C25H32O2/c1-3-4-5-6-7-8-13-20(18-26)25(19-27-2)23-16-11-9-14-21(23)22-15-10-12-17-24(22)25/h9-12,14-18,20H,3-8,13,19H2,1-2H3. The molecule has 1 aliphatic carbocycles. The van der Waals surface area contributed by atoms with Crippen molar-refractivity contribution in [3.05, 3.63) is 59.7 Å². The van der Waals surface area contributed by atoms with Crippen molar-refractivity contribution in [3.63, 3.8) is 0 Å². The van der Waals surface area contributed by atoms with E-state index in [-0.39, 0.29) is 11.3 Å². The second-order valence-electron chi connectivity index (χ2n) is 7.79. The van der Waals surface area contributed by atoms with Gasteiger partial charge in [0.25, 0.3) is 0 Å². The molecule has 144 valence electrons. The second-order valence-corrected chi connectivity index (χ2v) is 7.79. The van der Waals surface area contributed by atoms with E-state index in [9.17, 15) is 4.79 Å². The van der Waals surface area contributed by atoms with Crippen LogP contribution in [-0.2, 0) is 14.9 Å². The largest absolute Gasteiger partial charge is 0.383 e. The zero-order valence-electron chi connectivity index (χ0n) is 16.7. The Morgan fingerprint density at radius 1 is 0.889 bits per heavy atom. The highest BCUT2D eigenvalue weighted by atomic mass is 16.5. The van der Waals surface area contributed by atoms with Gasteiger partial charge in [-0.1, -0.05) is 94.0 Å². The average molecular weight is 365 g/mol. The number of rotatable bonds is 11. The molecule has 0 N–H and O–H groups in total. The molecule has 1 aliphatic rings. The lowest BCUT2D eigenvalue weighted by atomic mass is 9.67. The highest BCUT2D eigenvalue weighted by molar-refractivity contribution is 5.83. The predicted octanol–water partition coefficient (Wildman–Crippen LogP) is 6.17. The molecule has 0 spiro atoms. The molecule has 0 saturated heterocycles. The Kier molecular flexibility index (Phi) is 6.84. The van der Waals surface area contributed by atoms with Gasteiger partial charge in [-0.3, -0.25) is 0 Å². The van der Waals surface area contributed by atoms with E-state index in [0.29, 0.717) is 6.61 Å². The number of fused-ring (bicyclic) bond motifs is 3. The van der Waals surface area contributed by atoms with Crippen LogP contribution in [0.3, 0.4) is 0 Å². The molecule has 0 aromatic heterocycles. The maximum absolute atomic E-state index is 12.3. The van der Waals surface area contributed by atoms with Gasteiger partial charge in [0.1, 0.15) is 6.29 Å². The maximum Gasteiger partial charge on any atom is 0.124 e. The van der Waals surface area contributed by atoms with E-state index in [1.54, 1.807) is 7.11 Å². The molecule has 27 heavy (non-hydrogen) atoms. The van der Waals surface area contributed by atoms with Crippen LogP contribution in [0.2, 0.25) is 0 Å². The minimum Gasteiger partial charge on any atom is -0.383 e. The summed E-state index contributed by atoms with van der Waals surface area (Å²) in [6.07, 6.45) is 9.55. The van der Waals surface area contributed by atoms with Crippen molar-refractivity contribution in [1.29, 1.82) is 0 Å². The quantitative estimate of drug-likeness (QED) is 0.352. The van der Waals surface area contributed by atoms with Crippen molar-refractivity contribution in [1.82, 2.24) is 0 Å². The van der Waals surface area contributed by atoms with Gasteiger partial charge in [0.2, 0.25) is 0 Å². The van der Waals surface area contributed by atoms with E-state index in [4.69, 9.17) is 4.74 Å². The van der Waals surface area contributed by atoms with Crippen LogP contribution in [0.1, 0.15) is 63.0 Å². The first kappa shape index (κ1) is 19.8. The first-order valence-corrected chi connectivity index (χ1v) is 10.4. The summed E-state index contributed by atoms with van der Waals surface area (Å²) in [4.78, 5) is 12.3. The smallest absolute Gasteiger partial charge is 0.124 e. The van der Waals surface area contributed by atoms with Crippen LogP contribution in [-0.4, -0.2) is 20.0 Å². The second kappa shape index (κ2) is 9.32. The Hall–Kier alpha value is -1.93. The maximum atomic E-state index is 12.3. The molecule has 0 aliphatic heterocycles. The summed E-state index contributed by atoms with van der Waals surface area (Å²) >= 11 is 0. The molecule has 0 saturated carbocycles. The third kappa shape index (κ3) is 3.73. The van der Waals surface area contributed by atoms with Gasteiger partial charge in [-0.25, -0.2) is 0 Å². The molecule has 3 rings (SSSR count). The number of unbranched alkanes of at least 4 members (excludes halogenated alkanes) is 5. The lowest BCUT2D eigenvalue weighted by molar-refractivity contribution is -0.113. The zero-order valence-corrected chi connectivity index (χ0v) is 16.7. The van der Waals surface area contributed by atoms with E-state index >= 15 is 0 Å².